The number of nitrogens with zero attached hydrogens (tertiary/aromatic N) is 1. The van der Waals surface area contributed by atoms with Crippen molar-refractivity contribution in [2.45, 2.75) is 26.7 Å². The zero-order chi connectivity index (χ0) is 14.9. The maximum atomic E-state index is 5.94. The van der Waals surface area contributed by atoms with Crippen molar-refractivity contribution >= 4 is 35.6 Å². The van der Waals surface area contributed by atoms with Crippen molar-refractivity contribution < 1.29 is 9.47 Å². The lowest BCUT2D eigenvalue weighted by molar-refractivity contribution is 0.297. The Balaban J connectivity index is 0.00000176. The minimum Gasteiger partial charge on any atom is -0.490 e. The third kappa shape index (κ3) is 4.18. The first-order valence-electron chi connectivity index (χ1n) is 7.51. The number of nitrogens with two attached hydrogens (primary N) is 1. The fraction of sp³-hybridized carbons (Fsp3) is 0.562. The molecule has 1 fully saturated rings. The molecule has 22 heavy (non-hydrogen) atoms. The number of rotatable bonds is 3. The molecule has 1 aromatic carbocycles. The topological polar surface area (TPSA) is 68.9 Å². The van der Waals surface area contributed by atoms with Crippen molar-refractivity contribution in [3.63, 3.8) is 0 Å². The third-order valence-electron chi connectivity index (χ3n) is 4.22. The summed E-state index contributed by atoms with van der Waals surface area (Å²) in [5.41, 5.74) is 7.24. The van der Waals surface area contributed by atoms with Crippen LogP contribution in [0.2, 0.25) is 0 Å². The van der Waals surface area contributed by atoms with Gasteiger partial charge in [0.15, 0.2) is 17.5 Å². The summed E-state index contributed by atoms with van der Waals surface area (Å²) in [7, 11) is 0. The molecule has 0 spiro atoms. The second kappa shape index (κ2) is 6.93. The van der Waals surface area contributed by atoms with Crippen LogP contribution in [0.25, 0.3) is 0 Å². The summed E-state index contributed by atoms with van der Waals surface area (Å²) < 4.78 is 11.3. The zero-order valence-corrected chi connectivity index (χ0v) is 15.4. The molecule has 122 valence electrons. The number of hydrogen-bond acceptors (Lipinski definition) is 3. The first-order chi connectivity index (χ1) is 10.0. The summed E-state index contributed by atoms with van der Waals surface area (Å²) in [4.78, 5) is 4.42. The molecule has 1 aromatic rings. The van der Waals surface area contributed by atoms with Crippen LogP contribution in [-0.2, 0) is 0 Å². The van der Waals surface area contributed by atoms with Gasteiger partial charge in [-0.05, 0) is 29.9 Å². The van der Waals surface area contributed by atoms with Gasteiger partial charge in [0.1, 0.15) is 0 Å². The number of benzene rings is 1. The van der Waals surface area contributed by atoms with E-state index in [0.29, 0.717) is 30.5 Å². The van der Waals surface area contributed by atoms with E-state index < -0.39 is 0 Å². The molecule has 1 atom stereocenters. The Morgan fingerprint density at radius 2 is 2.00 bits per heavy atom. The number of guanidine groups is 1. The molecule has 2 aliphatic rings. The van der Waals surface area contributed by atoms with E-state index in [9.17, 15) is 0 Å². The van der Waals surface area contributed by atoms with Crippen LogP contribution >= 0.6 is 24.0 Å². The molecule has 1 aliphatic heterocycles. The molecule has 1 unspecified atom stereocenters. The van der Waals surface area contributed by atoms with Gasteiger partial charge >= 0.3 is 0 Å². The number of hydrogen-bond donors (Lipinski definition) is 2. The van der Waals surface area contributed by atoms with Gasteiger partial charge in [0.25, 0.3) is 0 Å². The van der Waals surface area contributed by atoms with Crippen molar-refractivity contribution in [1.82, 2.24) is 0 Å². The lowest BCUT2D eigenvalue weighted by Crippen LogP contribution is -2.23. The summed E-state index contributed by atoms with van der Waals surface area (Å²) in [6.07, 6.45) is 2.13. The Bertz CT molecular complexity index is 560. The van der Waals surface area contributed by atoms with Crippen LogP contribution in [0.5, 0.6) is 11.5 Å². The quantitative estimate of drug-likeness (QED) is 0.450. The molecule has 0 bridgehead atoms. The van der Waals surface area contributed by atoms with Gasteiger partial charge in [-0.2, -0.15) is 0 Å². The van der Waals surface area contributed by atoms with E-state index in [1.54, 1.807) is 0 Å². The van der Waals surface area contributed by atoms with Crippen LogP contribution < -0.4 is 20.5 Å². The molecule has 6 heteroatoms. The second-order valence-corrected chi connectivity index (χ2v) is 6.45. The molecular weight excluding hydrogens is 393 g/mol. The number of ether oxygens (including phenoxy) is 2. The van der Waals surface area contributed by atoms with Gasteiger partial charge in [-0.3, -0.25) is 4.99 Å². The zero-order valence-electron chi connectivity index (χ0n) is 13.1. The van der Waals surface area contributed by atoms with Gasteiger partial charge in [0.2, 0.25) is 0 Å². The minimum atomic E-state index is 0. The van der Waals surface area contributed by atoms with Gasteiger partial charge in [0, 0.05) is 24.7 Å². The van der Waals surface area contributed by atoms with Crippen molar-refractivity contribution in [1.29, 1.82) is 0 Å². The Morgan fingerprint density at radius 3 is 2.68 bits per heavy atom. The van der Waals surface area contributed by atoms with E-state index in [1.807, 2.05) is 18.2 Å². The molecule has 0 aromatic heterocycles. The number of anilines is 1. The molecule has 0 radical (unpaired) electrons. The minimum absolute atomic E-state index is 0. The molecule has 3 rings (SSSR count). The molecule has 1 aliphatic carbocycles. The number of halogens is 1. The van der Waals surface area contributed by atoms with E-state index in [4.69, 9.17) is 15.2 Å². The largest absolute Gasteiger partial charge is 0.490 e. The Hall–Kier alpha value is -1.18. The summed E-state index contributed by atoms with van der Waals surface area (Å²) in [6, 6.07) is 5.74. The van der Waals surface area contributed by atoms with Crippen LogP contribution in [-0.4, -0.2) is 25.7 Å². The summed E-state index contributed by atoms with van der Waals surface area (Å²) >= 11 is 0. The monoisotopic (exact) mass is 417 g/mol. The number of aliphatic imine (C=N–C) groups is 1. The van der Waals surface area contributed by atoms with Crippen LogP contribution in [0.15, 0.2) is 23.2 Å². The molecule has 0 amide bonds. The molecule has 5 nitrogen and oxygen atoms in total. The lowest BCUT2D eigenvalue weighted by atomic mass is 10.1. The van der Waals surface area contributed by atoms with Crippen LogP contribution in [0, 0.1) is 11.3 Å². The highest BCUT2D eigenvalue weighted by molar-refractivity contribution is 14.0. The second-order valence-electron chi connectivity index (χ2n) is 6.45. The molecular formula is C16H24IN3O2. The summed E-state index contributed by atoms with van der Waals surface area (Å²) in [5, 5.41) is 3.12. The van der Waals surface area contributed by atoms with Crippen molar-refractivity contribution in [2.75, 3.05) is 25.1 Å². The highest BCUT2D eigenvalue weighted by Crippen LogP contribution is 2.51. The van der Waals surface area contributed by atoms with E-state index >= 15 is 0 Å². The molecule has 3 N–H and O–H groups in total. The average molecular weight is 417 g/mol. The predicted molar refractivity (Wildman–Crippen MR) is 99.5 cm³/mol. The van der Waals surface area contributed by atoms with Crippen molar-refractivity contribution in [3.05, 3.63) is 18.2 Å². The van der Waals surface area contributed by atoms with Gasteiger partial charge in [-0.15, -0.1) is 24.0 Å². The van der Waals surface area contributed by atoms with Gasteiger partial charge in [0.05, 0.1) is 13.2 Å². The van der Waals surface area contributed by atoms with E-state index in [1.165, 1.54) is 6.42 Å². The summed E-state index contributed by atoms with van der Waals surface area (Å²) in [6.45, 7) is 6.69. The highest BCUT2D eigenvalue weighted by Gasteiger charge is 2.45. The predicted octanol–water partition coefficient (Wildman–Crippen LogP) is 3.24. The van der Waals surface area contributed by atoms with Crippen molar-refractivity contribution in [2.24, 2.45) is 22.1 Å². The lowest BCUT2D eigenvalue weighted by Gasteiger charge is -2.11. The smallest absolute Gasteiger partial charge is 0.193 e. The van der Waals surface area contributed by atoms with E-state index in [0.717, 1.165) is 30.2 Å². The normalized spacial score (nSPS) is 22.3. The Kier molecular flexibility index (Phi) is 5.41. The average Bonchev–Trinajstić information content (AvgIpc) is 3.12. The molecule has 0 saturated heterocycles. The number of nitrogens with one attached hydrogen (secondary N) is 1. The first kappa shape index (κ1) is 17.2. The van der Waals surface area contributed by atoms with Gasteiger partial charge in [-0.25, -0.2) is 0 Å². The molecule has 1 saturated carbocycles. The fourth-order valence-electron chi connectivity index (χ4n) is 2.52. The number of fused-ring (bicyclic) bond motifs is 1. The molecule has 1 heterocycles. The maximum Gasteiger partial charge on any atom is 0.193 e. The van der Waals surface area contributed by atoms with E-state index in [-0.39, 0.29) is 24.0 Å². The van der Waals surface area contributed by atoms with Crippen LogP contribution in [0.1, 0.15) is 26.7 Å². The van der Waals surface area contributed by atoms with Crippen molar-refractivity contribution in [3.8, 4) is 11.5 Å². The standard InChI is InChI=1S/C16H23N3O2.HI/c1-16(2)9-11(16)10-18-15(17)19-12-4-5-13-14(8-12)21-7-3-6-20-13;/h4-5,8,11H,3,6-7,9-10H2,1-2H3,(H3,17,18,19);1H. The fourth-order valence-corrected chi connectivity index (χ4v) is 2.52. The summed E-state index contributed by atoms with van der Waals surface area (Å²) in [5.74, 6) is 2.65. The third-order valence-corrected chi connectivity index (χ3v) is 4.22. The van der Waals surface area contributed by atoms with Crippen LogP contribution in [0.4, 0.5) is 5.69 Å². The first-order valence-corrected chi connectivity index (χ1v) is 7.51. The Morgan fingerprint density at radius 1 is 1.32 bits per heavy atom. The van der Waals surface area contributed by atoms with E-state index in [2.05, 4.69) is 24.2 Å². The maximum absolute atomic E-state index is 5.94. The SMILES string of the molecule is CC1(C)CC1CN=C(N)Nc1ccc2c(c1)OCCCO2.I. The highest BCUT2D eigenvalue weighted by atomic mass is 127. The van der Waals surface area contributed by atoms with Gasteiger partial charge < -0.3 is 20.5 Å². The Labute approximate surface area is 148 Å². The van der Waals surface area contributed by atoms with Crippen LogP contribution in [0.3, 0.4) is 0 Å². The van der Waals surface area contributed by atoms with Gasteiger partial charge in [-0.1, -0.05) is 13.8 Å².